The van der Waals surface area contributed by atoms with Gasteiger partial charge in [-0.15, -0.1) is 10.2 Å². The number of aliphatic imine (C=N–C) groups is 1. The fourth-order valence-electron chi connectivity index (χ4n) is 2.71. The highest BCUT2D eigenvalue weighted by Crippen LogP contribution is 2.09. The van der Waals surface area contributed by atoms with E-state index in [0.29, 0.717) is 19.0 Å². The fraction of sp³-hybridized carbons (Fsp3) is 0.211. The minimum atomic E-state index is -0.241. The van der Waals surface area contributed by atoms with E-state index in [1.54, 1.807) is 19.4 Å². The lowest BCUT2D eigenvalue weighted by atomic mass is 10.2. The molecule has 0 bridgehead atoms. The van der Waals surface area contributed by atoms with Crippen molar-refractivity contribution >= 4 is 5.96 Å². The first-order valence-electron chi connectivity index (χ1n) is 8.28. The SMILES string of the molecule is CN=C(NCc1nncn1-c1ccccc1)N(C)Cc1cccc(F)c1. The first kappa shape index (κ1) is 17.6. The fourth-order valence-corrected chi connectivity index (χ4v) is 2.71. The molecule has 7 heteroatoms. The molecule has 1 aromatic heterocycles. The number of hydrogen-bond acceptors (Lipinski definition) is 3. The second-order valence-corrected chi connectivity index (χ2v) is 5.84. The summed E-state index contributed by atoms with van der Waals surface area (Å²) in [6.07, 6.45) is 1.69. The van der Waals surface area contributed by atoms with Crippen LogP contribution in [0.2, 0.25) is 0 Å². The highest BCUT2D eigenvalue weighted by atomic mass is 19.1. The molecule has 134 valence electrons. The molecule has 2 aromatic carbocycles. The summed E-state index contributed by atoms with van der Waals surface area (Å²) < 4.78 is 15.3. The molecule has 1 N–H and O–H groups in total. The molecule has 6 nitrogen and oxygen atoms in total. The van der Waals surface area contributed by atoms with Crippen molar-refractivity contribution in [1.82, 2.24) is 25.0 Å². The van der Waals surface area contributed by atoms with E-state index in [0.717, 1.165) is 17.1 Å². The van der Waals surface area contributed by atoms with Crippen molar-refractivity contribution < 1.29 is 4.39 Å². The highest BCUT2D eigenvalue weighted by molar-refractivity contribution is 5.79. The Balaban J connectivity index is 1.66. The smallest absolute Gasteiger partial charge is 0.194 e. The van der Waals surface area contributed by atoms with E-state index in [4.69, 9.17) is 0 Å². The lowest BCUT2D eigenvalue weighted by Crippen LogP contribution is -2.38. The largest absolute Gasteiger partial charge is 0.349 e. The predicted octanol–water partition coefficient (Wildman–Crippen LogP) is 2.61. The highest BCUT2D eigenvalue weighted by Gasteiger charge is 2.10. The number of benzene rings is 2. The van der Waals surface area contributed by atoms with Gasteiger partial charge in [0.1, 0.15) is 12.1 Å². The van der Waals surface area contributed by atoms with Crippen LogP contribution in [-0.2, 0) is 13.1 Å². The third-order valence-corrected chi connectivity index (χ3v) is 3.94. The Kier molecular flexibility index (Phi) is 5.58. The molecule has 0 aliphatic heterocycles. The Morgan fingerprint density at radius 1 is 1.19 bits per heavy atom. The molecule has 0 spiro atoms. The Bertz CT molecular complexity index is 875. The van der Waals surface area contributed by atoms with Gasteiger partial charge in [0.15, 0.2) is 11.8 Å². The molecule has 0 saturated carbocycles. The Morgan fingerprint density at radius 2 is 2.00 bits per heavy atom. The van der Waals surface area contributed by atoms with E-state index >= 15 is 0 Å². The number of rotatable bonds is 5. The molecular weight excluding hydrogens is 331 g/mol. The molecule has 3 rings (SSSR count). The summed E-state index contributed by atoms with van der Waals surface area (Å²) >= 11 is 0. The molecule has 0 saturated heterocycles. The standard InChI is InChI=1S/C19H21FN6/c1-21-19(25(2)13-15-7-6-8-16(20)11-15)22-12-18-24-23-14-26(18)17-9-4-3-5-10-17/h3-11,14H,12-13H2,1-2H3,(H,21,22). The first-order chi connectivity index (χ1) is 12.7. The van der Waals surface area contributed by atoms with Crippen LogP contribution in [-0.4, -0.2) is 39.7 Å². The lowest BCUT2D eigenvalue weighted by Gasteiger charge is -2.22. The molecule has 3 aromatic rings. The van der Waals surface area contributed by atoms with Crippen molar-refractivity contribution in [3.05, 3.63) is 78.1 Å². The van der Waals surface area contributed by atoms with E-state index < -0.39 is 0 Å². The van der Waals surface area contributed by atoms with E-state index in [1.165, 1.54) is 12.1 Å². The maximum absolute atomic E-state index is 13.4. The number of halogens is 1. The van der Waals surface area contributed by atoms with Crippen molar-refractivity contribution in [2.45, 2.75) is 13.1 Å². The molecule has 1 heterocycles. The van der Waals surface area contributed by atoms with E-state index in [9.17, 15) is 4.39 Å². The summed E-state index contributed by atoms with van der Waals surface area (Å²) in [4.78, 5) is 6.22. The summed E-state index contributed by atoms with van der Waals surface area (Å²) in [5.74, 6) is 1.23. The quantitative estimate of drug-likeness (QED) is 0.566. The summed E-state index contributed by atoms with van der Waals surface area (Å²) in [7, 11) is 3.62. The van der Waals surface area contributed by atoms with Gasteiger partial charge >= 0.3 is 0 Å². The molecule has 26 heavy (non-hydrogen) atoms. The van der Waals surface area contributed by atoms with Crippen LogP contribution in [0.1, 0.15) is 11.4 Å². The molecular formula is C19H21FN6. The maximum atomic E-state index is 13.4. The minimum absolute atomic E-state index is 0.241. The molecule has 0 amide bonds. The zero-order valence-electron chi connectivity index (χ0n) is 14.8. The minimum Gasteiger partial charge on any atom is -0.349 e. The Labute approximate surface area is 152 Å². The zero-order chi connectivity index (χ0) is 18.4. The van der Waals surface area contributed by atoms with Gasteiger partial charge in [-0.3, -0.25) is 9.56 Å². The first-order valence-corrected chi connectivity index (χ1v) is 8.28. The summed E-state index contributed by atoms with van der Waals surface area (Å²) in [5.41, 5.74) is 1.88. The molecule has 0 aliphatic carbocycles. The monoisotopic (exact) mass is 352 g/mol. The molecule has 0 atom stereocenters. The predicted molar refractivity (Wildman–Crippen MR) is 99.4 cm³/mol. The number of aromatic nitrogens is 3. The van der Waals surface area contributed by atoms with Crippen LogP contribution < -0.4 is 5.32 Å². The number of para-hydroxylation sites is 1. The molecule has 0 fully saturated rings. The number of hydrogen-bond donors (Lipinski definition) is 1. The number of nitrogens with zero attached hydrogens (tertiary/aromatic N) is 5. The van der Waals surface area contributed by atoms with Crippen molar-refractivity contribution in [2.24, 2.45) is 4.99 Å². The number of guanidine groups is 1. The maximum Gasteiger partial charge on any atom is 0.194 e. The molecule has 0 unspecified atom stereocenters. The van der Waals surface area contributed by atoms with Gasteiger partial charge in [-0.25, -0.2) is 4.39 Å². The van der Waals surface area contributed by atoms with Crippen LogP contribution in [0.25, 0.3) is 5.69 Å². The van der Waals surface area contributed by atoms with Crippen LogP contribution in [0, 0.1) is 5.82 Å². The van der Waals surface area contributed by atoms with Crippen LogP contribution >= 0.6 is 0 Å². The van der Waals surface area contributed by atoms with Crippen LogP contribution in [0.5, 0.6) is 0 Å². The van der Waals surface area contributed by atoms with Gasteiger partial charge in [-0.2, -0.15) is 0 Å². The van der Waals surface area contributed by atoms with Gasteiger partial charge in [-0.05, 0) is 29.8 Å². The van der Waals surface area contributed by atoms with Crippen LogP contribution in [0.15, 0.2) is 65.9 Å². The van der Waals surface area contributed by atoms with E-state index in [2.05, 4.69) is 20.5 Å². The van der Waals surface area contributed by atoms with Crippen molar-refractivity contribution in [1.29, 1.82) is 0 Å². The normalized spacial score (nSPS) is 11.4. The van der Waals surface area contributed by atoms with E-state index in [-0.39, 0.29) is 5.82 Å². The number of nitrogens with one attached hydrogen (secondary N) is 1. The second kappa shape index (κ2) is 8.24. The lowest BCUT2D eigenvalue weighted by molar-refractivity contribution is 0.473. The van der Waals surface area contributed by atoms with Crippen molar-refractivity contribution in [2.75, 3.05) is 14.1 Å². The third kappa shape index (κ3) is 4.24. The van der Waals surface area contributed by atoms with E-state index in [1.807, 2.05) is 52.9 Å². The van der Waals surface area contributed by atoms with Crippen molar-refractivity contribution in [3.8, 4) is 5.69 Å². The van der Waals surface area contributed by atoms with Crippen LogP contribution in [0.4, 0.5) is 4.39 Å². The topological polar surface area (TPSA) is 58.3 Å². The summed E-state index contributed by atoms with van der Waals surface area (Å²) in [6, 6.07) is 16.5. The summed E-state index contributed by atoms with van der Waals surface area (Å²) in [6.45, 7) is 1.01. The zero-order valence-corrected chi connectivity index (χ0v) is 14.8. The van der Waals surface area contributed by atoms with Gasteiger partial charge < -0.3 is 10.2 Å². The van der Waals surface area contributed by atoms with Crippen LogP contribution in [0.3, 0.4) is 0 Å². The van der Waals surface area contributed by atoms with Gasteiger partial charge in [0.2, 0.25) is 0 Å². The average molecular weight is 352 g/mol. The molecule has 0 radical (unpaired) electrons. The molecule has 0 aliphatic rings. The van der Waals surface area contributed by atoms with Gasteiger partial charge in [0, 0.05) is 26.3 Å². The average Bonchev–Trinajstić information content (AvgIpc) is 3.11. The van der Waals surface area contributed by atoms with Crippen molar-refractivity contribution in [3.63, 3.8) is 0 Å². The summed E-state index contributed by atoms with van der Waals surface area (Å²) in [5, 5.41) is 11.5. The third-order valence-electron chi connectivity index (χ3n) is 3.94. The van der Waals surface area contributed by atoms with Gasteiger partial charge in [0.05, 0.1) is 6.54 Å². The Hall–Kier alpha value is -3.22. The Morgan fingerprint density at radius 3 is 2.73 bits per heavy atom. The van der Waals surface area contributed by atoms with Gasteiger partial charge in [0.25, 0.3) is 0 Å². The second-order valence-electron chi connectivity index (χ2n) is 5.84. The van der Waals surface area contributed by atoms with Gasteiger partial charge in [-0.1, -0.05) is 30.3 Å².